The van der Waals surface area contributed by atoms with Crippen LogP contribution in [0.15, 0.2) is 42.5 Å². The highest BCUT2D eigenvalue weighted by Gasteiger charge is 2.08. The summed E-state index contributed by atoms with van der Waals surface area (Å²) in [7, 11) is 0. The van der Waals surface area contributed by atoms with Gasteiger partial charge < -0.3 is 10.6 Å². The summed E-state index contributed by atoms with van der Waals surface area (Å²) in [5.41, 5.74) is 1.96. The van der Waals surface area contributed by atoms with Crippen LogP contribution < -0.4 is 10.6 Å². The highest BCUT2D eigenvalue weighted by molar-refractivity contribution is 8.00. The van der Waals surface area contributed by atoms with Crippen molar-refractivity contribution >= 4 is 35.0 Å². The van der Waals surface area contributed by atoms with Gasteiger partial charge in [-0.2, -0.15) is 0 Å². The molecule has 2 amide bonds. The number of aryl methyl sites for hydroxylation is 1. The molecular formula is C17H16F2N2O2S. The summed E-state index contributed by atoms with van der Waals surface area (Å²) >= 11 is 1.13. The fraction of sp³-hybridized carbons (Fsp3) is 0.176. The number of carbonyl (C=O) groups is 2. The quantitative estimate of drug-likeness (QED) is 0.837. The smallest absolute Gasteiger partial charge is 0.234 e. The first-order valence-electron chi connectivity index (χ1n) is 7.13. The van der Waals surface area contributed by atoms with Crippen molar-refractivity contribution < 1.29 is 18.4 Å². The van der Waals surface area contributed by atoms with Crippen LogP contribution in [0.3, 0.4) is 0 Å². The van der Waals surface area contributed by atoms with Crippen molar-refractivity contribution in [2.45, 2.75) is 6.92 Å². The van der Waals surface area contributed by atoms with Gasteiger partial charge in [0.2, 0.25) is 11.8 Å². The number of nitrogens with one attached hydrogen (secondary N) is 2. The molecule has 0 aliphatic rings. The van der Waals surface area contributed by atoms with Crippen LogP contribution in [-0.2, 0) is 9.59 Å². The number of anilines is 2. The van der Waals surface area contributed by atoms with E-state index in [2.05, 4.69) is 10.6 Å². The van der Waals surface area contributed by atoms with E-state index >= 15 is 0 Å². The van der Waals surface area contributed by atoms with Gasteiger partial charge in [0.25, 0.3) is 0 Å². The summed E-state index contributed by atoms with van der Waals surface area (Å²) in [6, 6.07) is 10.5. The SMILES string of the molecule is Cc1ccc(NC(=O)CSCC(=O)Nc2ccc(F)c(F)c2)cc1. The van der Waals surface area contributed by atoms with Gasteiger partial charge >= 0.3 is 0 Å². The summed E-state index contributed by atoms with van der Waals surface area (Å²) < 4.78 is 25.8. The maximum atomic E-state index is 13.0. The molecule has 0 unspecified atom stereocenters. The zero-order chi connectivity index (χ0) is 17.5. The Morgan fingerprint density at radius 1 is 0.875 bits per heavy atom. The lowest BCUT2D eigenvalue weighted by atomic mass is 10.2. The van der Waals surface area contributed by atoms with Gasteiger partial charge in [-0.1, -0.05) is 17.7 Å². The van der Waals surface area contributed by atoms with Crippen molar-refractivity contribution in [2.24, 2.45) is 0 Å². The van der Waals surface area contributed by atoms with Crippen LogP contribution in [-0.4, -0.2) is 23.3 Å². The third kappa shape index (κ3) is 5.66. The number of amides is 2. The molecule has 2 aromatic carbocycles. The Kier molecular flexibility index (Phi) is 6.31. The monoisotopic (exact) mass is 350 g/mol. The van der Waals surface area contributed by atoms with E-state index in [-0.39, 0.29) is 23.1 Å². The number of benzene rings is 2. The molecule has 24 heavy (non-hydrogen) atoms. The topological polar surface area (TPSA) is 58.2 Å². The van der Waals surface area contributed by atoms with Gasteiger partial charge in [-0.15, -0.1) is 11.8 Å². The molecule has 0 aliphatic heterocycles. The second-order valence-electron chi connectivity index (χ2n) is 5.08. The third-order valence-electron chi connectivity index (χ3n) is 3.00. The summed E-state index contributed by atoms with van der Waals surface area (Å²) in [5.74, 6) is -2.48. The lowest BCUT2D eigenvalue weighted by Crippen LogP contribution is -2.18. The molecule has 4 nitrogen and oxygen atoms in total. The van der Waals surface area contributed by atoms with E-state index in [0.717, 1.165) is 29.5 Å². The van der Waals surface area contributed by atoms with Crippen LogP contribution in [0.2, 0.25) is 0 Å². The molecule has 0 bridgehead atoms. The summed E-state index contributed by atoms with van der Waals surface area (Å²) in [6.45, 7) is 1.95. The normalized spacial score (nSPS) is 10.3. The van der Waals surface area contributed by atoms with Gasteiger partial charge in [-0.25, -0.2) is 8.78 Å². The van der Waals surface area contributed by atoms with Crippen LogP contribution in [0.25, 0.3) is 0 Å². The molecular weight excluding hydrogens is 334 g/mol. The first kappa shape index (κ1) is 17.9. The Balaban J connectivity index is 1.72. The van der Waals surface area contributed by atoms with E-state index in [0.29, 0.717) is 5.69 Å². The fourth-order valence-corrected chi connectivity index (χ4v) is 2.46. The van der Waals surface area contributed by atoms with E-state index in [9.17, 15) is 18.4 Å². The maximum absolute atomic E-state index is 13.0. The Bertz CT molecular complexity index is 736. The Labute approximate surface area is 142 Å². The standard InChI is InChI=1S/C17H16F2N2O2S/c1-11-2-4-12(5-3-11)20-16(22)9-24-10-17(23)21-13-6-7-14(18)15(19)8-13/h2-8H,9-10H2,1H3,(H,20,22)(H,21,23). The summed E-state index contributed by atoms with van der Waals surface area (Å²) in [6.07, 6.45) is 0. The zero-order valence-electron chi connectivity index (χ0n) is 12.9. The molecule has 126 valence electrons. The lowest BCUT2D eigenvalue weighted by molar-refractivity contribution is -0.114. The summed E-state index contributed by atoms with van der Waals surface area (Å²) in [5, 5.41) is 5.17. The zero-order valence-corrected chi connectivity index (χ0v) is 13.8. The lowest BCUT2D eigenvalue weighted by Gasteiger charge is -2.07. The molecule has 0 aromatic heterocycles. The van der Waals surface area contributed by atoms with E-state index in [1.807, 2.05) is 19.1 Å². The van der Waals surface area contributed by atoms with Gasteiger partial charge in [-0.3, -0.25) is 9.59 Å². The highest BCUT2D eigenvalue weighted by Crippen LogP contribution is 2.14. The molecule has 2 aromatic rings. The first-order chi connectivity index (χ1) is 11.4. The van der Waals surface area contributed by atoms with Gasteiger partial charge in [0.15, 0.2) is 11.6 Å². The minimum atomic E-state index is -1.03. The fourth-order valence-electron chi connectivity index (χ4n) is 1.84. The van der Waals surface area contributed by atoms with Crippen molar-refractivity contribution in [3.05, 3.63) is 59.7 Å². The van der Waals surface area contributed by atoms with Crippen molar-refractivity contribution in [2.75, 3.05) is 22.1 Å². The third-order valence-corrected chi connectivity index (χ3v) is 3.94. The van der Waals surface area contributed by atoms with Crippen molar-refractivity contribution in [1.82, 2.24) is 0 Å². The van der Waals surface area contributed by atoms with Crippen LogP contribution in [0.5, 0.6) is 0 Å². The van der Waals surface area contributed by atoms with E-state index < -0.39 is 17.5 Å². The minimum absolute atomic E-state index is 0.0281. The summed E-state index contributed by atoms with van der Waals surface area (Å²) in [4.78, 5) is 23.5. The Morgan fingerprint density at radius 3 is 2.00 bits per heavy atom. The average Bonchev–Trinajstić information content (AvgIpc) is 2.53. The first-order valence-corrected chi connectivity index (χ1v) is 8.28. The number of halogens is 2. The van der Waals surface area contributed by atoms with Gasteiger partial charge in [0.1, 0.15) is 0 Å². The molecule has 2 rings (SSSR count). The molecule has 0 atom stereocenters. The molecule has 0 saturated heterocycles. The second-order valence-corrected chi connectivity index (χ2v) is 6.07. The van der Waals surface area contributed by atoms with Crippen LogP contribution in [0.4, 0.5) is 20.2 Å². The molecule has 0 aliphatic carbocycles. The predicted octanol–water partition coefficient (Wildman–Crippen LogP) is 3.58. The number of carbonyl (C=O) groups excluding carboxylic acids is 2. The molecule has 2 N–H and O–H groups in total. The van der Waals surface area contributed by atoms with E-state index in [1.54, 1.807) is 12.1 Å². The molecule has 0 fully saturated rings. The number of rotatable bonds is 6. The second kappa shape index (κ2) is 8.44. The molecule has 0 heterocycles. The van der Waals surface area contributed by atoms with Crippen LogP contribution in [0.1, 0.15) is 5.56 Å². The van der Waals surface area contributed by atoms with E-state index in [4.69, 9.17) is 0 Å². The van der Waals surface area contributed by atoms with Gasteiger partial charge in [-0.05, 0) is 31.2 Å². The number of thioether (sulfide) groups is 1. The average molecular weight is 350 g/mol. The van der Waals surface area contributed by atoms with Crippen molar-refractivity contribution in [3.63, 3.8) is 0 Å². The molecule has 0 radical (unpaired) electrons. The molecule has 0 saturated carbocycles. The van der Waals surface area contributed by atoms with E-state index in [1.165, 1.54) is 6.07 Å². The number of hydrogen-bond acceptors (Lipinski definition) is 3. The van der Waals surface area contributed by atoms with Crippen LogP contribution in [0, 0.1) is 18.6 Å². The maximum Gasteiger partial charge on any atom is 0.234 e. The van der Waals surface area contributed by atoms with Crippen molar-refractivity contribution in [1.29, 1.82) is 0 Å². The highest BCUT2D eigenvalue weighted by atomic mass is 32.2. The molecule has 7 heteroatoms. The Hall–Kier alpha value is -2.41. The van der Waals surface area contributed by atoms with Gasteiger partial charge in [0, 0.05) is 17.4 Å². The molecule has 0 spiro atoms. The van der Waals surface area contributed by atoms with Gasteiger partial charge in [0.05, 0.1) is 11.5 Å². The van der Waals surface area contributed by atoms with Crippen molar-refractivity contribution in [3.8, 4) is 0 Å². The minimum Gasteiger partial charge on any atom is -0.325 e. The largest absolute Gasteiger partial charge is 0.325 e. The number of hydrogen-bond donors (Lipinski definition) is 2. The van der Waals surface area contributed by atoms with Crippen LogP contribution >= 0.6 is 11.8 Å². The predicted molar refractivity (Wildman–Crippen MR) is 92.1 cm³/mol. The Morgan fingerprint density at radius 2 is 1.42 bits per heavy atom.